The Kier molecular flexibility index (Phi) is 5.37. The van der Waals surface area contributed by atoms with Crippen molar-refractivity contribution in [3.8, 4) is 0 Å². The molecule has 1 amide bonds. The lowest BCUT2D eigenvalue weighted by Gasteiger charge is -2.07. The monoisotopic (exact) mass is 381 g/mol. The zero-order valence-electron chi connectivity index (χ0n) is 12.0. The Morgan fingerprint density at radius 1 is 1.14 bits per heavy atom. The Morgan fingerprint density at radius 3 is 2.41 bits per heavy atom. The highest BCUT2D eigenvalue weighted by Crippen LogP contribution is 2.16. The number of sulfone groups is 1. The van der Waals surface area contributed by atoms with E-state index in [1.807, 2.05) is 24.3 Å². The van der Waals surface area contributed by atoms with Crippen molar-refractivity contribution in [3.05, 3.63) is 58.6 Å². The molecule has 2 rings (SSSR count). The summed E-state index contributed by atoms with van der Waals surface area (Å²) in [6.07, 6.45) is 0.258. The average Bonchev–Trinajstić information content (AvgIpc) is 2.47. The zero-order chi connectivity index (χ0) is 16.2. The smallest absolute Gasteiger partial charge is 0.228 e. The van der Waals surface area contributed by atoms with Gasteiger partial charge < -0.3 is 5.32 Å². The van der Waals surface area contributed by atoms with Crippen LogP contribution in [0.15, 0.2) is 57.9 Å². The van der Waals surface area contributed by atoms with Crippen molar-refractivity contribution in [2.75, 3.05) is 11.1 Å². The van der Waals surface area contributed by atoms with Gasteiger partial charge in [0.05, 0.1) is 17.1 Å². The molecular weight excluding hydrogens is 366 g/mol. The maximum absolute atomic E-state index is 12.0. The fourth-order valence-corrected chi connectivity index (χ4v) is 3.28. The van der Waals surface area contributed by atoms with E-state index >= 15 is 0 Å². The van der Waals surface area contributed by atoms with Gasteiger partial charge in [0, 0.05) is 10.2 Å². The van der Waals surface area contributed by atoms with Gasteiger partial charge in [0.25, 0.3) is 0 Å². The quantitative estimate of drug-likeness (QED) is 0.862. The minimum Gasteiger partial charge on any atom is -0.326 e. The Hall–Kier alpha value is -1.66. The molecule has 0 aliphatic carbocycles. The first kappa shape index (κ1) is 16.7. The summed E-state index contributed by atoms with van der Waals surface area (Å²) < 4.78 is 24.4. The summed E-state index contributed by atoms with van der Waals surface area (Å²) in [5, 5.41) is 2.76. The van der Waals surface area contributed by atoms with E-state index in [4.69, 9.17) is 0 Å². The van der Waals surface area contributed by atoms with Gasteiger partial charge in [-0.15, -0.1) is 0 Å². The molecular formula is C16H16BrNO3S. The van der Waals surface area contributed by atoms with E-state index in [-0.39, 0.29) is 23.0 Å². The van der Waals surface area contributed by atoms with Gasteiger partial charge in [-0.3, -0.25) is 4.79 Å². The number of carbonyl (C=O) groups is 1. The Morgan fingerprint density at radius 2 is 1.82 bits per heavy atom. The van der Waals surface area contributed by atoms with Crippen molar-refractivity contribution in [2.45, 2.75) is 18.2 Å². The molecule has 22 heavy (non-hydrogen) atoms. The lowest BCUT2D eigenvalue weighted by atomic mass is 10.1. The van der Waals surface area contributed by atoms with Crippen LogP contribution < -0.4 is 5.32 Å². The van der Waals surface area contributed by atoms with Gasteiger partial charge in [-0.05, 0) is 42.0 Å². The van der Waals surface area contributed by atoms with E-state index in [0.717, 1.165) is 10.0 Å². The molecule has 4 nitrogen and oxygen atoms in total. The highest BCUT2D eigenvalue weighted by Gasteiger charge is 2.11. The number of nitrogens with one attached hydrogen (secondary N) is 1. The molecule has 0 saturated carbocycles. The summed E-state index contributed by atoms with van der Waals surface area (Å²) in [6.45, 7) is 1.60. The standard InChI is InChI=1S/C16H16BrNO3S/c1-2-22(20,21)15-8-6-14(7-9-15)18-16(19)11-12-4-3-5-13(17)10-12/h3-10H,2,11H2,1H3,(H,18,19). The van der Waals surface area contributed by atoms with Crippen LogP contribution in [0.25, 0.3) is 0 Å². The Bertz CT molecular complexity index is 770. The minimum atomic E-state index is -3.21. The number of benzene rings is 2. The fraction of sp³-hybridized carbons (Fsp3) is 0.188. The summed E-state index contributed by atoms with van der Waals surface area (Å²) in [4.78, 5) is 12.3. The number of rotatable bonds is 5. The molecule has 2 aromatic rings. The summed E-state index contributed by atoms with van der Waals surface area (Å²) in [7, 11) is -3.21. The first-order chi connectivity index (χ1) is 10.4. The second-order valence-corrected chi connectivity index (χ2v) is 7.98. The van der Waals surface area contributed by atoms with Gasteiger partial charge in [0.1, 0.15) is 0 Å². The van der Waals surface area contributed by atoms with E-state index in [0.29, 0.717) is 5.69 Å². The lowest BCUT2D eigenvalue weighted by molar-refractivity contribution is -0.115. The van der Waals surface area contributed by atoms with Crippen LogP contribution in [0, 0.1) is 0 Å². The summed E-state index contributed by atoms with van der Waals surface area (Å²) >= 11 is 3.36. The first-order valence-electron chi connectivity index (χ1n) is 6.78. The first-order valence-corrected chi connectivity index (χ1v) is 9.22. The van der Waals surface area contributed by atoms with Crippen LogP contribution in [-0.2, 0) is 21.1 Å². The van der Waals surface area contributed by atoms with Gasteiger partial charge in [0.15, 0.2) is 9.84 Å². The fourth-order valence-electron chi connectivity index (χ4n) is 1.95. The van der Waals surface area contributed by atoms with Crippen LogP contribution in [0.3, 0.4) is 0 Å². The number of hydrogen-bond donors (Lipinski definition) is 1. The normalized spacial score (nSPS) is 11.2. The molecule has 0 aromatic heterocycles. The maximum atomic E-state index is 12.0. The molecule has 0 bridgehead atoms. The van der Waals surface area contributed by atoms with Crippen molar-refractivity contribution in [1.82, 2.24) is 0 Å². The molecule has 116 valence electrons. The van der Waals surface area contributed by atoms with E-state index in [9.17, 15) is 13.2 Å². The molecule has 0 radical (unpaired) electrons. The van der Waals surface area contributed by atoms with Gasteiger partial charge in [0.2, 0.25) is 5.91 Å². The van der Waals surface area contributed by atoms with E-state index in [1.54, 1.807) is 19.1 Å². The molecule has 0 saturated heterocycles. The van der Waals surface area contributed by atoms with Gasteiger partial charge in [-0.25, -0.2) is 8.42 Å². The van der Waals surface area contributed by atoms with Gasteiger partial charge in [-0.1, -0.05) is 35.0 Å². The SMILES string of the molecule is CCS(=O)(=O)c1ccc(NC(=O)Cc2cccc(Br)c2)cc1. The predicted molar refractivity (Wildman–Crippen MR) is 90.6 cm³/mol. The van der Waals surface area contributed by atoms with Crippen molar-refractivity contribution >= 4 is 37.4 Å². The van der Waals surface area contributed by atoms with Crippen LogP contribution in [0.5, 0.6) is 0 Å². The molecule has 0 aliphatic rings. The molecule has 0 fully saturated rings. The van der Waals surface area contributed by atoms with Crippen molar-refractivity contribution in [2.24, 2.45) is 0 Å². The maximum Gasteiger partial charge on any atom is 0.228 e. The zero-order valence-corrected chi connectivity index (χ0v) is 14.4. The number of carbonyl (C=O) groups excluding carboxylic acids is 1. The summed E-state index contributed by atoms with van der Waals surface area (Å²) in [6, 6.07) is 13.7. The second-order valence-electron chi connectivity index (χ2n) is 4.78. The number of hydrogen-bond acceptors (Lipinski definition) is 3. The largest absolute Gasteiger partial charge is 0.326 e. The number of anilines is 1. The third-order valence-corrected chi connectivity index (χ3v) is 5.37. The van der Waals surface area contributed by atoms with Crippen molar-refractivity contribution < 1.29 is 13.2 Å². The third kappa shape index (κ3) is 4.42. The van der Waals surface area contributed by atoms with Crippen LogP contribution in [-0.4, -0.2) is 20.1 Å². The van der Waals surface area contributed by atoms with E-state index < -0.39 is 9.84 Å². The minimum absolute atomic E-state index is 0.0571. The molecule has 2 aromatic carbocycles. The molecule has 0 unspecified atom stereocenters. The molecule has 1 N–H and O–H groups in total. The van der Waals surface area contributed by atoms with Crippen LogP contribution in [0.4, 0.5) is 5.69 Å². The van der Waals surface area contributed by atoms with Gasteiger partial charge in [-0.2, -0.15) is 0 Å². The Balaban J connectivity index is 2.03. The van der Waals surface area contributed by atoms with Crippen LogP contribution in [0.2, 0.25) is 0 Å². The van der Waals surface area contributed by atoms with E-state index in [1.165, 1.54) is 12.1 Å². The van der Waals surface area contributed by atoms with E-state index in [2.05, 4.69) is 21.2 Å². The number of halogens is 1. The second kappa shape index (κ2) is 7.07. The molecule has 0 atom stereocenters. The summed E-state index contributed by atoms with van der Waals surface area (Å²) in [5.74, 6) is -0.0918. The lowest BCUT2D eigenvalue weighted by Crippen LogP contribution is -2.14. The van der Waals surface area contributed by atoms with Crippen molar-refractivity contribution in [1.29, 1.82) is 0 Å². The number of amides is 1. The highest BCUT2D eigenvalue weighted by molar-refractivity contribution is 9.10. The average molecular weight is 382 g/mol. The topological polar surface area (TPSA) is 63.2 Å². The molecule has 0 aliphatic heterocycles. The molecule has 0 spiro atoms. The third-order valence-electron chi connectivity index (χ3n) is 3.13. The van der Waals surface area contributed by atoms with Crippen LogP contribution in [0.1, 0.15) is 12.5 Å². The summed E-state index contributed by atoms with van der Waals surface area (Å²) in [5.41, 5.74) is 1.48. The van der Waals surface area contributed by atoms with Crippen molar-refractivity contribution in [3.63, 3.8) is 0 Å². The molecule has 6 heteroatoms. The molecule has 0 heterocycles. The highest BCUT2D eigenvalue weighted by atomic mass is 79.9. The Labute approximate surface area is 138 Å². The van der Waals surface area contributed by atoms with Crippen LogP contribution >= 0.6 is 15.9 Å². The predicted octanol–water partition coefficient (Wildman–Crippen LogP) is 3.42. The van der Waals surface area contributed by atoms with Gasteiger partial charge >= 0.3 is 0 Å².